The van der Waals surface area contributed by atoms with Crippen molar-refractivity contribution in [3.63, 3.8) is 0 Å². The third kappa shape index (κ3) is 2.25. The molecule has 2 rings (SSSR count). The van der Waals surface area contributed by atoms with Crippen LogP contribution in [0.25, 0.3) is 0 Å². The highest BCUT2D eigenvalue weighted by Gasteiger charge is 2.19. The minimum atomic E-state index is 0.735. The third-order valence-corrected chi connectivity index (χ3v) is 2.62. The molecule has 1 fully saturated rings. The highest BCUT2D eigenvalue weighted by Crippen LogP contribution is 2.33. The molecule has 0 amide bonds. The van der Waals surface area contributed by atoms with E-state index in [4.69, 9.17) is 0 Å². The van der Waals surface area contributed by atoms with Crippen LogP contribution in [0.15, 0.2) is 23.3 Å². The van der Waals surface area contributed by atoms with E-state index in [2.05, 4.69) is 25.3 Å². The van der Waals surface area contributed by atoms with Crippen LogP contribution in [0.3, 0.4) is 0 Å². The Bertz CT molecular complexity index is 316. The second kappa shape index (κ2) is 3.42. The van der Waals surface area contributed by atoms with Gasteiger partial charge < -0.3 is 0 Å². The maximum absolute atomic E-state index is 3.94. The molecule has 0 aromatic heterocycles. The largest absolute Gasteiger partial charge is 0.0998 e. The van der Waals surface area contributed by atoms with E-state index in [9.17, 15) is 0 Å². The number of hydrogen-bond acceptors (Lipinski definition) is 0. The molecule has 2 aliphatic carbocycles. The van der Waals surface area contributed by atoms with Crippen molar-refractivity contribution in [2.24, 2.45) is 5.92 Å². The molecule has 0 aromatic carbocycles. The monoisotopic (exact) mass is 172 g/mol. The SMILES string of the molecule is C=C(C)CC1=C(C#CC2CC2)CC1. The second-order valence-electron chi connectivity index (χ2n) is 4.26. The van der Waals surface area contributed by atoms with E-state index in [1.807, 2.05) is 0 Å². The van der Waals surface area contributed by atoms with Crippen LogP contribution >= 0.6 is 0 Å². The van der Waals surface area contributed by atoms with Crippen molar-refractivity contribution in [1.29, 1.82) is 0 Å². The van der Waals surface area contributed by atoms with E-state index in [0.29, 0.717) is 0 Å². The smallest absolute Gasteiger partial charge is 0.0207 e. The third-order valence-electron chi connectivity index (χ3n) is 2.62. The molecule has 0 radical (unpaired) electrons. The van der Waals surface area contributed by atoms with Crippen molar-refractivity contribution in [2.75, 3.05) is 0 Å². The zero-order chi connectivity index (χ0) is 9.26. The van der Waals surface area contributed by atoms with Crippen molar-refractivity contribution in [3.8, 4) is 11.8 Å². The van der Waals surface area contributed by atoms with Crippen molar-refractivity contribution in [3.05, 3.63) is 23.3 Å². The van der Waals surface area contributed by atoms with Gasteiger partial charge in [-0.1, -0.05) is 29.6 Å². The summed E-state index contributed by atoms with van der Waals surface area (Å²) < 4.78 is 0. The molecule has 0 atom stereocenters. The predicted molar refractivity (Wildman–Crippen MR) is 56.2 cm³/mol. The van der Waals surface area contributed by atoms with Gasteiger partial charge in [0.2, 0.25) is 0 Å². The van der Waals surface area contributed by atoms with Crippen LogP contribution in [-0.4, -0.2) is 0 Å². The minimum absolute atomic E-state index is 0.735. The number of allylic oxidation sites excluding steroid dienone is 3. The summed E-state index contributed by atoms with van der Waals surface area (Å²) in [6, 6.07) is 0. The van der Waals surface area contributed by atoms with Gasteiger partial charge >= 0.3 is 0 Å². The van der Waals surface area contributed by atoms with E-state index in [-0.39, 0.29) is 0 Å². The fourth-order valence-corrected chi connectivity index (χ4v) is 1.55. The average Bonchev–Trinajstić information content (AvgIpc) is 2.82. The van der Waals surface area contributed by atoms with Gasteiger partial charge in [0.1, 0.15) is 0 Å². The minimum Gasteiger partial charge on any atom is -0.0998 e. The normalized spacial score (nSPS) is 20.4. The molecule has 0 saturated heterocycles. The van der Waals surface area contributed by atoms with E-state index in [1.54, 1.807) is 5.57 Å². The van der Waals surface area contributed by atoms with Crippen molar-refractivity contribution < 1.29 is 0 Å². The Morgan fingerprint density at radius 2 is 2.23 bits per heavy atom. The highest BCUT2D eigenvalue weighted by atomic mass is 14.2. The highest BCUT2D eigenvalue weighted by molar-refractivity contribution is 5.42. The summed E-state index contributed by atoms with van der Waals surface area (Å²) >= 11 is 0. The zero-order valence-corrected chi connectivity index (χ0v) is 8.32. The lowest BCUT2D eigenvalue weighted by Crippen LogP contribution is -2.02. The molecule has 0 aliphatic heterocycles. The Hall–Kier alpha value is -0.960. The van der Waals surface area contributed by atoms with Gasteiger partial charge in [-0.3, -0.25) is 0 Å². The summed E-state index contributed by atoms with van der Waals surface area (Å²) in [6.07, 6.45) is 6.20. The van der Waals surface area contributed by atoms with Gasteiger partial charge in [-0.15, -0.1) is 0 Å². The maximum atomic E-state index is 3.94. The summed E-state index contributed by atoms with van der Waals surface area (Å²) in [5, 5.41) is 0. The topological polar surface area (TPSA) is 0 Å². The first-order valence-electron chi connectivity index (χ1n) is 5.12. The lowest BCUT2D eigenvalue weighted by Gasteiger charge is -2.19. The van der Waals surface area contributed by atoms with Gasteiger partial charge in [-0.2, -0.15) is 0 Å². The second-order valence-corrected chi connectivity index (χ2v) is 4.26. The lowest BCUT2D eigenvalue weighted by molar-refractivity contribution is 0.792. The molecule has 0 unspecified atom stereocenters. The standard InChI is InChI=1S/C13H16/c1-10(2)9-13-8-7-12(13)6-5-11-3-4-11/h11H,1,3-4,7-9H2,2H3. The van der Waals surface area contributed by atoms with Crippen LogP contribution in [0.2, 0.25) is 0 Å². The number of rotatable bonds is 2. The van der Waals surface area contributed by atoms with Crippen LogP contribution in [0.5, 0.6) is 0 Å². The molecule has 13 heavy (non-hydrogen) atoms. The van der Waals surface area contributed by atoms with E-state index >= 15 is 0 Å². The molecular weight excluding hydrogens is 156 g/mol. The summed E-state index contributed by atoms with van der Waals surface area (Å²) in [5.41, 5.74) is 4.22. The van der Waals surface area contributed by atoms with Gasteiger partial charge in [0.15, 0.2) is 0 Å². The summed E-state index contributed by atoms with van der Waals surface area (Å²) in [7, 11) is 0. The van der Waals surface area contributed by atoms with Gasteiger partial charge in [0.05, 0.1) is 0 Å². The Morgan fingerprint density at radius 1 is 1.46 bits per heavy atom. The summed E-state index contributed by atoms with van der Waals surface area (Å²) in [6.45, 7) is 6.03. The van der Waals surface area contributed by atoms with Crippen LogP contribution < -0.4 is 0 Å². The molecule has 0 N–H and O–H groups in total. The first kappa shape index (κ1) is 8.63. The Morgan fingerprint density at radius 3 is 2.69 bits per heavy atom. The van der Waals surface area contributed by atoms with Crippen LogP contribution in [0.1, 0.15) is 39.0 Å². The molecule has 0 heteroatoms. The Kier molecular flexibility index (Phi) is 2.27. The molecule has 0 nitrogen and oxygen atoms in total. The zero-order valence-electron chi connectivity index (χ0n) is 8.32. The molecule has 1 saturated carbocycles. The van der Waals surface area contributed by atoms with Crippen LogP contribution in [0, 0.1) is 17.8 Å². The fraction of sp³-hybridized carbons (Fsp3) is 0.538. The quantitative estimate of drug-likeness (QED) is 0.442. The molecule has 2 aliphatic rings. The van der Waals surface area contributed by atoms with Gasteiger partial charge in [-0.25, -0.2) is 0 Å². The number of hydrogen-bond donors (Lipinski definition) is 0. The molecule has 0 spiro atoms. The van der Waals surface area contributed by atoms with Crippen LogP contribution in [0.4, 0.5) is 0 Å². The van der Waals surface area contributed by atoms with E-state index < -0.39 is 0 Å². The summed E-state index contributed by atoms with van der Waals surface area (Å²) in [5.74, 6) is 7.38. The predicted octanol–water partition coefficient (Wildman–Crippen LogP) is 3.46. The molecule has 0 aromatic rings. The maximum Gasteiger partial charge on any atom is 0.0207 e. The van der Waals surface area contributed by atoms with Crippen molar-refractivity contribution >= 4 is 0 Å². The molecule has 0 heterocycles. The van der Waals surface area contributed by atoms with Crippen molar-refractivity contribution in [1.82, 2.24) is 0 Å². The first-order valence-corrected chi connectivity index (χ1v) is 5.12. The summed E-state index contributed by atoms with van der Waals surface area (Å²) in [4.78, 5) is 0. The molecule has 0 bridgehead atoms. The molecular formula is C13H16. The average molecular weight is 172 g/mol. The Balaban J connectivity index is 1.98. The van der Waals surface area contributed by atoms with Gasteiger partial charge in [0.25, 0.3) is 0 Å². The van der Waals surface area contributed by atoms with E-state index in [1.165, 1.54) is 36.8 Å². The van der Waals surface area contributed by atoms with Gasteiger partial charge in [0, 0.05) is 11.5 Å². The Labute approximate surface area is 80.7 Å². The van der Waals surface area contributed by atoms with E-state index in [0.717, 1.165) is 12.3 Å². The lowest BCUT2D eigenvalue weighted by atomic mass is 9.85. The fourth-order valence-electron chi connectivity index (χ4n) is 1.55. The van der Waals surface area contributed by atoms with Crippen molar-refractivity contribution in [2.45, 2.75) is 39.0 Å². The van der Waals surface area contributed by atoms with Gasteiger partial charge in [-0.05, 0) is 39.0 Å². The van der Waals surface area contributed by atoms with Crippen LogP contribution in [-0.2, 0) is 0 Å². The first-order chi connectivity index (χ1) is 6.25. The molecule has 68 valence electrons.